The van der Waals surface area contributed by atoms with Crippen LogP contribution in [0.5, 0.6) is 0 Å². The van der Waals surface area contributed by atoms with E-state index in [0.717, 1.165) is 16.6 Å². The molecule has 9 heteroatoms. The van der Waals surface area contributed by atoms with Crippen LogP contribution in [0.3, 0.4) is 0 Å². The standard InChI is InChI=1S/C17H13BrFN3O4/c18-11-2-1-3-13(7-11)21-9-10(6-16(21)23)17(24)20-12-4-5-14(19)15(8-12)22(25)26/h1-5,7-8,10H,6,9H2,(H,20,24). The Morgan fingerprint density at radius 1 is 1.31 bits per heavy atom. The van der Waals surface area contributed by atoms with Crippen molar-refractivity contribution in [1.82, 2.24) is 0 Å². The zero-order valence-electron chi connectivity index (χ0n) is 13.3. The molecule has 0 bridgehead atoms. The molecule has 134 valence electrons. The number of nitro benzene ring substituents is 1. The van der Waals surface area contributed by atoms with Crippen LogP contribution < -0.4 is 10.2 Å². The second-order valence-corrected chi connectivity index (χ2v) is 6.71. The maximum atomic E-state index is 13.4. The van der Waals surface area contributed by atoms with Gasteiger partial charge in [0.05, 0.1) is 10.8 Å². The van der Waals surface area contributed by atoms with E-state index in [4.69, 9.17) is 0 Å². The second-order valence-electron chi connectivity index (χ2n) is 5.80. The lowest BCUT2D eigenvalue weighted by atomic mass is 10.1. The molecule has 1 saturated heterocycles. The maximum absolute atomic E-state index is 13.4. The highest BCUT2D eigenvalue weighted by Crippen LogP contribution is 2.28. The SMILES string of the molecule is O=C(Nc1ccc(F)c([N+](=O)[O-])c1)C1CC(=O)N(c2cccc(Br)c2)C1. The number of hydrogen-bond donors (Lipinski definition) is 1. The van der Waals surface area contributed by atoms with Gasteiger partial charge < -0.3 is 10.2 Å². The van der Waals surface area contributed by atoms with E-state index >= 15 is 0 Å². The zero-order valence-corrected chi connectivity index (χ0v) is 14.9. The third-order valence-corrected chi connectivity index (χ3v) is 4.52. The van der Waals surface area contributed by atoms with Gasteiger partial charge >= 0.3 is 5.69 Å². The van der Waals surface area contributed by atoms with Gasteiger partial charge in [-0.2, -0.15) is 4.39 Å². The van der Waals surface area contributed by atoms with Crippen LogP contribution in [0.1, 0.15) is 6.42 Å². The molecule has 1 heterocycles. The summed E-state index contributed by atoms with van der Waals surface area (Å²) in [6, 6.07) is 10.3. The minimum Gasteiger partial charge on any atom is -0.326 e. The summed E-state index contributed by atoms with van der Waals surface area (Å²) in [6.07, 6.45) is 0.0294. The number of carbonyl (C=O) groups excluding carboxylic acids is 2. The Kier molecular flexibility index (Phi) is 4.99. The Morgan fingerprint density at radius 2 is 2.08 bits per heavy atom. The van der Waals surface area contributed by atoms with Crippen molar-refractivity contribution in [2.24, 2.45) is 5.92 Å². The van der Waals surface area contributed by atoms with Crippen molar-refractivity contribution < 1.29 is 18.9 Å². The average molecular weight is 422 g/mol. The fourth-order valence-corrected chi connectivity index (χ4v) is 3.14. The second kappa shape index (κ2) is 7.20. The van der Waals surface area contributed by atoms with Gasteiger partial charge in [0, 0.05) is 34.9 Å². The third-order valence-electron chi connectivity index (χ3n) is 4.03. The molecular weight excluding hydrogens is 409 g/mol. The number of nitro groups is 1. The Labute approximate surface area is 156 Å². The van der Waals surface area contributed by atoms with Gasteiger partial charge in [-0.3, -0.25) is 19.7 Å². The van der Waals surface area contributed by atoms with Crippen molar-refractivity contribution in [3.05, 3.63) is 62.9 Å². The third kappa shape index (κ3) is 3.72. The first-order chi connectivity index (χ1) is 12.3. The van der Waals surface area contributed by atoms with Gasteiger partial charge in [0.2, 0.25) is 17.6 Å². The van der Waals surface area contributed by atoms with Gasteiger partial charge in [0.25, 0.3) is 0 Å². The topological polar surface area (TPSA) is 92.5 Å². The number of nitrogens with zero attached hydrogens (tertiary/aromatic N) is 2. The Hall–Kier alpha value is -2.81. The molecule has 3 rings (SSSR count). The molecule has 0 spiro atoms. The normalized spacial score (nSPS) is 16.6. The first kappa shape index (κ1) is 18.0. The predicted octanol–water partition coefficient (Wildman–Crippen LogP) is 3.49. The lowest BCUT2D eigenvalue weighted by Gasteiger charge is -2.17. The van der Waals surface area contributed by atoms with E-state index in [1.165, 1.54) is 11.0 Å². The summed E-state index contributed by atoms with van der Waals surface area (Å²) >= 11 is 3.34. The van der Waals surface area contributed by atoms with Crippen molar-refractivity contribution in [1.29, 1.82) is 0 Å². The quantitative estimate of drug-likeness (QED) is 0.603. The predicted molar refractivity (Wildman–Crippen MR) is 96.3 cm³/mol. The van der Waals surface area contributed by atoms with Crippen molar-refractivity contribution >= 4 is 44.8 Å². The van der Waals surface area contributed by atoms with Crippen LogP contribution in [-0.4, -0.2) is 23.3 Å². The number of carbonyl (C=O) groups is 2. The zero-order chi connectivity index (χ0) is 18.8. The van der Waals surface area contributed by atoms with Gasteiger partial charge in [-0.1, -0.05) is 22.0 Å². The molecular formula is C17H13BrFN3O4. The van der Waals surface area contributed by atoms with Crippen LogP contribution in [0.2, 0.25) is 0 Å². The number of nitrogens with one attached hydrogen (secondary N) is 1. The lowest BCUT2D eigenvalue weighted by Crippen LogP contribution is -2.28. The number of hydrogen-bond acceptors (Lipinski definition) is 4. The minimum absolute atomic E-state index is 0.0294. The molecule has 2 aromatic rings. The smallest absolute Gasteiger partial charge is 0.306 e. The summed E-state index contributed by atoms with van der Waals surface area (Å²) in [5.41, 5.74) is 0.0645. The molecule has 1 atom stereocenters. The first-order valence-electron chi connectivity index (χ1n) is 7.66. The van der Waals surface area contributed by atoms with E-state index in [1.807, 2.05) is 6.07 Å². The first-order valence-corrected chi connectivity index (χ1v) is 8.45. The Bertz CT molecular complexity index is 905. The molecule has 1 aliphatic heterocycles. The number of amides is 2. The van der Waals surface area contributed by atoms with Crippen LogP contribution in [0, 0.1) is 21.8 Å². The largest absolute Gasteiger partial charge is 0.326 e. The Balaban J connectivity index is 1.72. The van der Waals surface area contributed by atoms with Gasteiger partial charge in [0.15, 0.2) is 0 Å². The number of anilines is 2. The van der Waals surface area contributed by atoms with Gasteiger partial charge in [-0.05, 0) is 30.3 Å². The highest BCUT2D eigenvalue weighted by Gasteiger charge is 2.35. The molecule has 2 aromatic carbocycles. The summed E-state index contributed by atoms with van der Waals surface area (Å²) < 4.78 is 14.2. The lowest BCUT2D eigenvalue weighted by molar-refractivity contribution is -0.387. The van der Waals surface area contributed by atoms with Crippen molar-refractivity contribution in [3.8, 4) is 0 Å². The van der Waals surface area contributed by atoms with Crippen LogP contribution in [0.15, 0.2) is 46.9 Å². The molecule has 1 unspecified atom stereocenters. The van der Waals surface area contributed by atoms with E-state index in [2.05, 4.69) is 21.2 Å². The average Bonchev–Trinajstić information content (AvgIpc) is 2.98. The Morgan fingerprint density at radius 3 is 2.77 bits per heavy atom. The molecule has 0 radical (unpaired) electrons. The summed E-state index contributed by atoms with van der Waals surface area (Å²) in [4.78, 5) is 36.1. The summed E-state index contributed by atoms with van der Waals surface area (Å²) in [6.45, 7) is 0.199. The summed E-state index contributed by atoms with van der Waals surface area (Å²) in [7, 11) is 0. The molecule has 0 aromatic heterocycles. The number of halogens is 2. The van der Waals surface area contributed by atoms with Gasteiger partial charge in [-0.15, -0.1) is 0 Å². The monoisotopic (exact) mass is 421 g/mol. The molecule has 26 heavy (non-hydrogen) atoms. The van der Waals surface area contributed by atoms with Crippen molar-refractivity contribution in [2.75, 3.05) is 16.8 Å². The number of benzene rings is 2. The van der Waals surface area contributed by atoms with E-state index in [9.17, 15) is 24.1 Å². The van der Waals surface area contributed by atoms with E-state index in [-0.39, 0.29) is 24.6 Å². The molecule has 2 amide bonds. The van der Waals surface area contributed by atoms with E-state index < -0.39 is 28.3 Å². The fraction of sp³-hybridized carbons (Fsp3) is 0.176. The van der Waals surface area contributed by atoms with Gasteiger partial charge in [0.1, 0.15) is 0 Å². The molecule has 7 nitrogen and oxygen atoms in total. The highest BCUT2D eigenvalue weighted by molar-refractivity contribution is 9.10. The minimum atomic E-state index is -0.982. The molecule has 1 aliphatic rings. The van der Waals surface area contributed by atoms with Crippen LogP contribution >= 0.6 is 15.9 Å². The molecule has 0 aliphatic carbocycles. The molecule has 0 saturated carbocycles. The highest BCUT2D eigenvalue weighted by atomic mass is 79.9. The fourth-order valence-electron chi connectivity index (χ4n) is 2.75. The maximum Gasteiger partial charge on any atom is 0.306 e. The summed E-state index contributed by atoms with van der Waals surface area (Å²) in [5, 5.41) is 13.3. The van der Waals surface area contributed by atoms with Crippen LogP contribution in [-0.2, 0) is 9.59 Å². The van der Waals surface area contributed by atoms with Gasteiger partial charge in [-0.25, -0.2) is 0 Å². The van der Waals surface area contributed by atoms with Crippen LogP contribution in [0.25, 0.3) is 0 Å². The van der Waals surface area contributed by atoms with Crippen LogP contribution in [0.4, 0.5) is 21.5 Å². The van der Waals surface area contributed by atoms with Crippen molar-refractivity contribution in [2.45, 2.75) is 6.42 Å². The molecule has 1 fully saturated rings. The van der Waals surface area contributed by atoms with E-state index in [1.54, 1.807) is 18.2 Å². The van der Waals surface area contributed by atoms with E-state index in [0.29, 0.717) is 5.69 Å². The molecule has 1 N–H and O–H groups in total. The summed E-state index contributed by atoms with van der Waals surface area (Å²) in [5.74, 6) is -2.22. The van der Waals surface area contributed by atoms with Crippen molar-refractivity contribution in [3.63, 3.8) is 0 Å². The number of rotatable bonds is 4.